The topological polar surface area (TPSA) is 51.2 Å². The molecule has 0 aliphatic carbocycles. The van der Waals surface area contributed by atoms with Crippen molar-refractivity contribution in [3.8, 4) is 5.75 Å². The van der Waals surface area contributed by atoms with Crippen molar-refractivity contribution in [3.05, 3.63) is 53.0 Å². The Morgan fingerprint density at radius 3 is 2.63 bits per heavy atom. The molecule has 98 valence electrons. The molecule has 1 aromatic carbocycles. The summed E-state index contributed by atoms with van der Waals surface area (Å²) in [5.74, 6) is -0.225. The number of aromatic nitrogens is 1. The molecule has 0 aliphatic heterocycles. The fraction of sp³-hybridized carbons (Fsp3) is 0.0769. The van der Waals surface area contributed by atoms with Crippen molar-refractivity contribution < 1.29 is 13.9 Å². The molecular formula is C13H10BrFN2O2. The lowest BCUT2D eigenvalue weighted by Crippen LogP contribution is -2.20. The molecule has 2 rings (SSSR count). The average Bonchev–Trinajstić information content (AvgIpc) is 2.41. The number of hydrogen-bond donors (Lipinski definition) is 1. The molecular weight excluding hydrogens is 315 g/mol. The summed E-state index contributed by atoms with van der Waals surface area (Å²) in [6, 6.07) is 8.90. The minimum absolute atomic E-state index is 0.151. The molecule has 19 heavy (non-hydrogen) atoms. The first-order valence-corrected chi connectivity index (χ1v) is 6.22. The molecule has 0 fully saturated rings. The highest BCUT2D eigenvalue weighted by molar-refractivity contribution is 9.10. The summed E-state index contributed by atoms with van der Waals surface area (Å²) in [6.07, 6.45) is 1.53. The Hall–Kier alpha value is -1.95. The van der Waals surface area contributed by atoms with Crippen molar-refractivity contribution in [2.24, 2.45) is 0 Å². The number of hydrogen-bond acceptors (Lipinski definition) is 3. The van der Waals surface area contributed by atoms with Crippen LogP contribution in [0.1, 0.15) is 0 Å². The van der Waals surface area contributed by atoms with E-state index in [2.05, 4.69) is 26.2 Å². The van der Waals surface area contributed by atoms with E-state index in [0.29, 0.717) is 16.0 Å². The van der Waals surface area contributed by atoms with Gasteiger partial charge in [-0.2, -0.15) is 0 Å². The lowest BCUT2D eigenvalue weighted by Gasteiger charge is -2.07. The highest BCUT2D eigenvalue weighted by Crippen LogP contribution is 2.12. The van der Waals surface area contributed by atoms with Gasteiger partial charge in [0, 0.05) is 0 Å². The molecule has 0 bridgehead atoms. The second kappa shape index (κ2) is 6.29. The Labute approximate surface area is 117 Å². The van der Waals surface area contributed by atoms with Crippen LogP contribution in [0.3, 0.4) is 0 Å². The molecule has 0 aliphatic rings. The SMILES string of the molecule is O=C(COc1ccc(F)cc1)Nc1ccc(Br)nc1. The highest BCUT2D eigenvalue weighted by Gasteiger charge is 2.04. The summed E-state index contributed by atoms with van der Waals surface area (Å²) in [4.78, 5) is 15.6. The zero-order chi connectivity index (χ0) is 13.7. The van der Waals surface area contributed by atoms with Gasteiger partial charge in [0.05, 0.1) is 11.9 Å². The van der Waals surface area contributed by atoms with Crippen LogP contribution < -0.4 is 10.1 Å². The predicted octanol–water partition coefficient (Wildman–Crippen LogP) is 3.00. The first kappa shape index (κ1) is 13.5. The number of halogens is 2. The van der Waals surface area contributed by atoms with Crippen molar-refractivity contribution in [3.63, 3.8) is 0 Å². The molecule has 0 saturated carbocycles. The van der Waals surface area contributed by atoms with Crippen LogP contribution in [-0.4, -0.2) is 17.5 Å². The number of carbonyl (C=O) groups is 1. The number of anilines is 1. The van der Waals surface area contributed by atoms with Crippen molar-refractivity contribution >= 4 is 27.5 Å². The van der Waals surface area contributed by atoms with E-state index in [1.807, 2.05) is 0 Å². The standard InChI is InChI=1S/C13H10BrFN2O2/c14-12-6-3-10(7-16-12)17-13(18)8-19-11-4-1-9(15)2-5-11/h1-7H,8H2,(H,17,18). The summed E-state index contributed by atoms with van der Waals surface area (Å²) >= 11 is 3.20. The first-order valence-electron chi connectivity index (χ1n) is 5.43. The van der Waals surface area contributed by atoms with Crippen LogP contribution in [0.2, 0.25) is 0 Å². The van der Waals surface area contributed by atoms with Crippen LogP contribution in [0, 0.1) is 5.82 Å². The number of carbonyl (C=O) groups excluding carboxylic acids is 1. The quantitative estimate of drug-likeness (QED) is 0.879. The third-order valence-corrected chi connectivity index (χ3v) is 2.66. The van der Waals surface area contributed by atoms with E-state index in [0.717, 1.165) is 0 Å². The Morgan fingerprint density at radius 2 is 2.00 bits per heavy atom. The number of nitrogens with zero attached hydrogens (tertiary/aromatic N) is 1. The lowest BCUT2D eigenvalue weighted by atomic mass is 10.3. The van der Waals surface area contributed by atoms with E-state index in [-0.39, 0.29) is 18.3 Å². The highest BCUT2D eigenvalue weighted by atomic mass is 79.9. The molecule has 1 heterocycles. The van der Waals surface area contributed by atoms with Gasteiger partial charge in [-0.3, -0.25) is 4.79 Å². The minimum Gasteiger partial charge on any atom is -0.484 e. The van der Waals surface area contributed by atoms with Gasteiger partial charge in [-0.25, -0.2) is 9.37 Å². The van der Waals surface area contributed by atoms with Crippen LogP contribution >= 0.6 is 15.9 Å². The summed E-state index contributed by atoms with van der Waals surface area (Å²) in [7, 11) is 0. The van der Waals surface area contributed by atoms with Gasteiger partial charge < -0.3 is 10.1 Å². The molecule has 6 heteroatoms. The van der Waals surface area contributed by atoms with E-state index in [4.69, 9.17) is 4.74 Å². The van der Waals surface area contributed by atoms with Crippen molar-refractivity contribution in [2.75, 3.05) is 11.9 Å². The summed E-state index contributed by atoms with van der Waals surface area (Å²) in [5.41, 5.74) is 0.580. The Kier molecular flexibility index (Phi) is 4.46. The number of benzene rings is 1. The third-order valence-electron chi connectivity index (χ3n) is 2.19. The van der Waals surface area contributed by atoms with E-state index in [1.54, 1.807) is 12.1 Å². The van der Waals surface area contributed by atoms with E-state index >= 15 is 0 Å². The van der Waals surface area contributed by atoms with E-state index in [1.165, 1.54) is 30.5 Å². The van der Waals surface area contributed by atoms with Crippen LogP contribution in [0.15, 0.2) is 47.2 Å². The van der Waals surface area contributed by atoms with Crippen molar-refractivity contribution in [1.82, 2.24) is 4.98 Å². The van der Waals surface area contributed by atoms with Crippen LogP contribution in [0.4, 0.5) is 10.1 Å². The van der Waals surface area contributed by atoms with Crippen molar-refractivity contribution in [2.45, 2.75) is 0 Å². The molecule has 1 aromatic heterocycles. The molecule has 1 N–H and O–H groups in total. The maximum Gasteiger partial charge on any atom is 0.262 e. The number of amides is 1. The fourth-order valence-corrected chi connectivity index (χ4v) is 1.56. The normalized spacial score (nSPS) is 10.0. The summed E-state index contributed by atoms with van der Waals surface area (Å²) in [6.45, 7) is -0.151. The van der Waals surface area contributed by atoms with Gasteiger partial charge in [0.25, 0.3) is 5.91 Å². The van der Waals surface area contributed by atoms with Gasteiger partial charge in [0.15, 0.2) is 6.61 Å². The second-order valence-corrected chi connectivity index (χ2v) is 4.47. The monoisotopic (exact) mass is 324 g/mol. The Morgan fingerprint density at radius 1 is 1.26 bits per heavy atom. The van der Waals surface area contributed by atoms with Gasteiger partial charge in [-0.15, -0.1) is 0 Å². The molecule has 0 radical (unpaired) electrons. The Balaban J connectivity index is 1.84. The van der Waals surface area contributed by atoms with Gasteiger partial charge in [-0.05, 0) is 52.3 Å². The second-order valence-electron chi connectivity index (χ2n) is 3.66. The maximum absolute atomic E-state index is 12.7. The summed E-state index contributed by atoms with van der Waals surface area (Å²) in [5, 5.41) is 2.63. The largest absolute Gasteiger partial charge is 0.484 e. The molecule has 4 nitrogen and oxygen atoms in total. The molecule has 0 atom stereocenters. The van der Waals surface area contributed by atoms with Gasteiger partial charge in [-0.1, -0.05) is 0 Å². The zero-order valence-electron chi connectivity index (χ0n) is 9.77. The fourth-order valence-electron chi connectivity index (χ4n) is 1.33. The number of rotatable bonds is 4. The van der Waals surface area contributed by atoms with E-state index in [9.17, 15) is 9.18 Å². The van der Waals surface area contributed by atoms with Crippen molar-refractivity contribution in [1.29, 1.82) is 0 Å². The van der Waals surface area contributed by atoms with Gasteiger partial charge >= 0.3 is 0 Å². The third kappa shape index (κ3) is 4.33. The summed E-state index contributed by atoms with van der Waals surface area (Å²) < 4.78 is 18.6. The van der Waals surface area contributed by atoms with Crippen LogP contribution in [0.5, 0.6) is 5.75 Å². The molecule has 1 amide bonds. The number of ether oxygens (including phenoxy) is 1. The zero-order valence-corrected chi connectivity index (χ0v) is 11.4. The predicted molar refractivity (Wildman–Crippen MR) is 72.5 cm³/mol. The molecule has 0 unspecified atom stereocenters. The van der Waals surface area contributed by atoms with Gasteiger partial charge in [0.1, 0.15) is 16.2 Å². The minimum atomic E-state index is -0.349. The van der Waals surface area contributed by atoms with Gasteiger partial charge in [0.2, 0.25) is 0 Å². The maximum atomic E-state index is 12.7. The smallest absolute Gasteiger partial charge is 0.262 e. The number of pyridine rings is 1. The van der Waals surface area contributed by atoms with Crippen LogP contribution in [-0.2, 0) is 4.79 Å². The first-order chi connectivity index (χ1) is 9.13. The lowest BCUT2D eigenvalue weighted by molar-refractivity contribution is -0.118. The molecule has 2 aromatic rings. The molecule has 0 spiro atoms. The molecule has 0 saturated heterocycles. The number of nitrogens with one attached hydrogen (secondary N) is 1. The van der Waals surface area contributed by atoms with E-state index < -0.39 is 0 Å². The average molecular weight is 325 g/mol. The van der Waals surface area contributed by atoms with Crippen LogP contribution in [0.25, 0.3) is 0 Å². The Bertz CT molecular complexity index is 558.